The van der Waals surface area contributed by atoms with Gasteiger partial charge in [-0.2, -0.15) is 0 Å². The minimum absolute atomic E-state index is 0.0625. The summed E-state index contributed by atoms with van der Waals surface area (Å²) in [6.07, 6.45) is 1.37. The van der Waals surface area contributed by atoms with Crippen LogP contribution in [0.5, 0.6) is 0 Å². The maximum absolute atomic E-state index is 12.3. The largest absolute Gasteiger partial charge is 0.478 e. The standard InChI is InChI=1S/C16H26N2O5S/c1-4-12(3)18-15-8-7-13(11-14(15)16(19)20)24(21,22)17-9-6-10-23-5-2/h7-8,11-12,17-18H,4-6,9-10H2,1-3H3,(H,19,20)/t12-/m0/s1. The SMILES string of the molecule is CCOCCCNS(=O)(=O)c1ccc(N[C@@H](C)CC)c(C(=O)O)c1. The van der Waals surface area contributed by atoms with Crippen LogP contribution in [0.25, 0.3) is 0 Å². The number of rotatable bonds is 11. The first kappa shape index (κ1) is 20.4. The monoisotopic (exact) mass is 358 g/mol. The number of anilines is 1. The number of hydrogen-bond acceptors (Lipinski definition) is 5. The first-order chi connectivity index (χ1) is 11.3. The van der Waals surface area contributed by atoms with E-state index in [9.17, 15) is 18.3 Å². The summed E-state index contributed by atoms with van der Waals surface area (Å²) in [5.41, 5.74) is 0.347. The molecule has 8 heteroatoms. The maximum atomic E-state index is 12.3. The van der Waals surface area contributed by atoms with Gasteiger partial charge in [0, 0.05) is 31.5 Å². The van der Waals surface area contributed by atoms with Crippen molar-refractivity contribution in [3.8, 4) is 0 Å². The quantitative estimate of drug-likeness (QED) is 0.524. The van der Waals surface area contributed by atoms with Gasteiger partial charge in [0.2, 0.25) is 10.0 Å². The number of hydrogen-bond donors (Lipinski definition) is 3. The molecule has 0 radical (unpaired) electrons. The molecule has 1 atom stereocenters. The highest BCUT2D eigenvalue weighted by Crippen LogP contribution is 2.22. The Morgan fingerprint density at radius 1 is 1.33 bits per heavy atom. The van der Waals surface area contributed by atoms with Crippen LogP contribution in [-0.4, -0.2) is 45.3 Å². The van der Waals surface area contributed by atoms with E-state index in [1.165, 1.54) is 18.2 Å². The molecule has 0 saturated heterocycles. The predicted octanol–water partition coefficient (Wildman–Crippen LogP) is 2.30. The number of aromatic carboxylic acids is 1. The van der Waals surface area contributed by atoms with Gasteiger partial charge in [0.15, 0.2) is 0 Å². The first-order valence-corrected chi connectivity index (χ1v) is 9.51. The summed E-state index contributed by atoms with van der Waals surface area (Å²) in [5.74, 6) is -1.17. The summed E-state index contributed by atoms with van der Waals surface area (Å²) in [7, 11) is -3.75. The zero-order valence-corrected chi connectivity index (χ0v) is 15.1. The lowest BCUT2D eigenvalue weighted by Gasteiger charge is -2.16. The molecule has 0 bridgehead atoms. The van der Waals surface area contributed by atoms with Crippen LogP contribution in [0.3, 0.4) is 0 Å². The molecule has 0 spiro atoms. The average molecular weight is 358 g/mol. The van der Waals surface area contributed by atoms with Gasteiger partial charge in [0.25, 0.3) is 0 Å². The number of ether oxygens (including phenoxy) is 1. The summed E-state index contributed by atoms with van der Waals surface area (Å²) in [4.78, 5) is 11.4. The Morgan fingerprint density at radius 2 is 2.04 bits per heavy atom. The lowest BCUT2D eigenvalue weighted by molar-refractivity contribution is 0.0697. The van der Waals surface area contributed by atoms with E-state index in [1.807, 2.05) is 20.8 Å². The summed E-state index contributed by atoms with van der Waals surface area (Å²) in [6, 6.07) is 4.16. The van der Waals surface area contributed by atoms with E-state index in [1.54, 1.807) is 0 Å². The molecule has 0 aliphatic heterocycles. The molecule has 0 aliphatic carbocycles. The van der Waals surface area contributed by atoms with E-state index < -0.39 is 16.0 Å². The molecule has 0 amide bonds. The average Bonchev–Trinajstić information content (AvgIpc) is 2.54. The van der Waals surface area contributed by atoms with Crippen LogP contribution in [0, 0.1) is 0 Å². The fraction of sp³-hybridized carbons (Fsp3) is 0.562. The van der Waals surface area contributed by atoms with E-state index in [4.69, 9.17) is 4.74 Å². The Balaban J connectivity index is 2.91. The molecular weight excluding hydrogens is 332 g/mol. The van der Waals surface area contributed by atoms with Gasteiger partial charge < -0.3 is 15.2 Å². The van der Waals surface area contributed by atoms with E-state index in [2.05, 4.69) is 10.0 Å². The molecule has 0 unspecified atom stereocenters. The zero-order valence-electron chi connectivity index (χ0n) is 14.3. The van der Waals surface area contributed by atoms with Gasteiger partial charge in [-0.3, -0.25) is 0 Å². The molecule has 1 aromatic rings. The van der Waals surface area contributed by atoms with E-state index >= 15 is 0 Å². The molecule has 7 nitrogen and oxygen atoms in total. The maximum Gasteiger partial charge on any atom is 0.337 e. The van der Waals surface area contributed by atoms with Crippen molar-refractivity contribution in [2.75, 3.05) is 25.1 Å². The van der Waals surface area contributed by atoms with Gasteiger partial charge in [-0.15, -0.1) is 0 Å². The highest BCUT2D eigenvalue weighted by Gasteiger charge is 2.19. The van der Waals surface area contributed by atoms with Gasteiger partial charge in [-0.1, -0.05) is 6.92 Å². The molecule has 3 N–H and O–H groups in total. The van der Waals surface area contributed by atoms with Gasteiger partial charge in [-0.05, 0) is 44.9 Å². The molecule has 1 aromatic carbocycles. The molecule has 24 heavy (non-hydrogen) atoms. The normalized spacial score (nSPS) is 12.8. The second-order valence-corrected chi connectivity index (χ2v) is 7.18. The second kappa shape index (κ2) is 9.61. The van der Waals surface area contributed by atoms with Gasteiger partial charge in [-0.25, -0.2) is 17.9 Å². The summed E-state index contributed by atoms with van der Waals surface area (Å²) >= 11 is 0. The number of carboxylic acids is 1. The van der Waals surface area contributed by atoms with Crippen LogP contribution in [0.1, 0.15) is 44.0 Å². The van der Waals surface area contributed by atoms with Crippen molar-refractivity contribution in [3.05, 3.63) is 23.8 Å². The Kier molecular flexibility index (Phi) is 8.17. The van der Waals surface area contributed by atoms with Crippen LogP contribution in [0.4, 0.5) is 5.69 Å². The van der Waals surface area contributed by atoms with E-state index in [0.717, 1.165) is 6.42 Å². The molecule has 0 heterocycles. The highest BCUT2D eigenvalue weighted by atomic mass is 32.2. The Labute approximate surface area is 143 Å². The van der Waals surface area contributed by atoms with Gasteiger partial charge in [0.1, 0.15) is 0 Å². The molecule has 0 saturated carbocycles. The van der Waals surface area contributed by atoms with Crippen LogP contribution >= 0.6 is 0 Å². The molecular formula is C16H26N2O5S. The predicted molar refractivity (Wildman–Crippen MR) is 93.1 cm³/mol. The van der Waals surface area contributed by atoms with Gasteiger partial charge >= 0.3 is 5.97 Å². The first-order valence-electron chi connectivity index (χ1n) is 8.03. The van der Waals surface area contributed by atoms with Crippen molar-refractivity contribution in [3.63, 3.8) is 0 Å². The van der Waals surface area contributed by atoms with Crippen molar-refractivity contribution in [1.82, 2.24) is 4.72 Å². The molecule has 136 valence electrons. The van der Waals surface area contributed by atoms with Crippen molar-refractivity contribution in [1.29, 1.82) is 0 Å². The summed E-state index contributed by atoms with van der Waals surface area (Å²) < 4.78 is 32.1. The Morgan fingerprint density at radius 3 is 2.62 bits per heavy atom. The Bertz CT molecular complexity index is 646. The third kappa shape index (κ3) is 6.10. The molecule has 1 rings (SSSR count). The molecule has 0 aliphatic rings. The number of sulfonamides is 1. The van der Waals surface area contributed by atoms with Gasteiger partial charge in [0.05, 0.1) is 10.5 Å². The third-order valence-corrected chi connectivity index (χ3v) is 4.97. The molecule has 0 fully saturated rings. The minimum atomic E-state index is -3.75. The van der Waals surface area contributed by atoms with E-state index in [-0.39, 0.29) is 23.0 Å². The van der Waals surface area contributed by atoms with Crippen LogP contribution in [-0.2, 0) is 14.8 Å². The second-order valence-electron chi connectivity index (χ2n) is 5.41. The number of carboxylic acid groups (broad SMARTS) is 1. The van der Waals surface area contributed by atoms with Crippen LogP contribution < -0.4 is 10.0 Å². The Hall–Kier alpha value is -1.64. The smallest absolute Gasteiger partial charge is 0.337 e. The summed E-state index contributed by atoms with van der Waals surface area (Å²) in [6.45, 7) is 7.06. The highest BCUT2D eigenvalue weighted by molar-refractivity contribution is 7.89. The van der Waals surface area contributed by atoms with Crippen LogP contribution in [0.2, 0.25) is 0 Å². The number of carbonyl (C=O) groups is 1. The number of benzene rings is 1. The van der Waals surface area contributed by atoms with Crippen molar-refractivity contribution >= 4 is 21.7 Å². The summed E-state index contributed by atoms with van der Waals surface area (Å²) in [5, 5.41) is 12.4. The van der Waals surface area contributed by atoms with Crippen molar-refractivity contribution < 1.29 is 23.1 Å². The fourth-order valence-corrected chi connectivity index (χ4v) is 3.07. The fourth-order valence-electron chi connectivity index (χ4n) is 1.97. The third-order valence-electron chi connectivity index (χ3n) is 3.51. The van der Waals surface area contributed by atoms with Crippen molar-refractivity contribution in [2.24, 2.45) is 0 Å². The number of nitrogens with one attached hydrogen (secondary N) is 2. The zero-order chi connectivity index (χ0) is 18.2. The lowest BCUT2D eigenvalue weighted by Crippen LogP contribution is -2.26. The molecule has 0 aromatic heterocycles. The minimum Gasteiger partial charge on any atom is -0.478 e. The van der Waals surface area contributed by atoms with Crippen LogP contribution in [0.15, 0.2) is 23.1 Å². The lowest BCUT2D eigenvalue weighted by atomic mass is 10.1. The topological polar surface area (TPSA) is 105 Å². The van der Waals surface area contributed by atoms with Crippen molar-refractivity contribution in [2.45, 2.75) is 44.6 Å². The van der Waals surface area contributed by atoms with E-state index in [0.29, 0.717) is 25.3 Å².